The lowest BCUT2D eigenvalue weighted by atomic mass is 9.87. The van der Waals surface area contributed by atoms with Crippen molar-refractivity contribution in [3.63, 3.8) is 0 Å². The van der Waals surface area contributed by atoms with E-state index in [0.29, 0.717) is 17.0 Å². The van der Waals surface area contributed by atoms with Crippen LogP contribution in [0.1, 0.15) is 36.0 Å². The predicted octanol–water partition coefficient (Wildman–Crippen LogP) is 5.90. The van der Waals surface area contributed by atoms with Crippen molar-refractivity contribution in [2.24, 2.45) is 5.41 Å². The Balaban J connectivity index is 1.39. The maximum atomic E-state index is 13.8. The molecular weight excluding hydrogens is 406 g/mol. The van der Waals surface area contributed by atoms with Gasteiger partial charge in [-0.3, -0.25) is 4.79 Å². The zero-order chi connectivity index (χ0) is 21.3. The molecule has 1 aliphatic heterocycles. The van der Waals surface area contributed by atoms with E-state index in [1.807, 2.05) is 54.6 Å². The minimum Gasteiger partial charge on any atom is -0.368 e. The van der Waals surface area contributed by atoms with Crippen LogP contribution in [0, 0.1) is 5.41 Å². The topological polar surface area (TPSA) is 45.2 Å². The normalized spacial score (nSPS) is 19.3. The number of nitrogens with one attached hydrogen (secondary N) is 1. The summed E-state index contributed by atoms with van der Waals surface area (Å²) >= 11 is 5.96. The maximum absolute atomic E-state index is 13.8. The van der Waals surface area contributed by atoms with Gasteiger partial charge in [-0.25, -0.2) is 4.98 Å². The molecule has 2 heterocycles. The summed E-state index contributed by atoms with van der Waals surface area (Å²) in [5, 5.41) is 4.05. The van der Waals surface area contributed by atoms with Crippen molar-refractivity contribution < 1.29 is 4.79 Å². The van der Waals surface area contributed by atoms with Crippen LogP contribution < -0.4 is 5.32 Å². The number of rotatable bonds is 5. The Kier molecular flexibility index (Phi) is 5.41. The minimum absolute atomic E-state index is 0.116. The number of hydrogen-bond donors (Lipinski definition) is 1. The monoisotopic (exact) mass is 431 g/mol. The highest BCUT2D eigenvalue weighted by Gasteiger charge is 2.49. The van der Waals surface area contributed by atoms with Crippen LogP contribution in [0.2, 0.25) is 5.02 Å². The molecule has 2 aromatic carbocycles. The smallest absolute Gasteiger partial charge is 0.254 e. The molecule has 1 spiro atoms. The highest BCUT2D eigenvalue weighted by Crippen LogP contribution is 2.55. The summed E-state index contributed by atoms with van der Waals surface area (Å²) in [4.78, 5) is 20.2. The van der Waals surface area contributed by atoms with Crippen molar-refractivity contribution in [3.8, 4) is 11.1 Å². The third-order valence-electron chi connectivity index (χ3n) is 6.70. The number of aromatic nitrogens is 1. The van der Waals surface area contributed by atoms with E-state index in [4.69, 9.17) is 11.6 Å². The van der Waals surface area contributed by atoms with Crippen molar-refractivity contribution >= 4 is 23.3 Å². The van der Waals surface area contributed by atoms with E-state index >= 15 is 0 Å². The lowest BCUT2D eigenvalue weighted by Gasteiger charge is -2.40. The Bertz CT molecular complexity index is 1060. The molecule has 0 bridgehead atoms. The quantitative estimate of drug-likeness (QED) is 0.547. The van der Waals surface area contributed by atoms with Crippen LogP contribution in [0.15, 0.2) is 72.9 Å². The lowest BCUT2D eigenvalue weighted by Crippen LogP contribution is -2.50. The molecule has 2 aliphatic rings. The SMILES string of the molecule is O=C(c1ccccc1-c1ccccc1)N1CCC2(CC2)C[C@H]1CNc1ccc(Cl)cn1. The molecule has 2 fully saturated rings. The van der Waals surface area contributed by atoms with Gasteiger partial charge in [0.25, 0.3) is 5.91 Å². The molecular formula is C26H26ClN3O. The van der Waals surface area contributed by atoms with Crippen LogP contribution in [-0.4, -0.2) is 34.9 Å². The highest BCUT2D eigenvalue weighted by atomic mass is 35.5. The second-order valence-electron chi connectivity index (χ2n) is 8.76. The molecule has 1 saturated carbocycles. The summed E-state index contributed by atoms with van der Waals surface area (Å²) in [5.74, 6) is 0.905. The summed E-state index contributed by atoms with van der Waals surface area (Å²) in [6, 6.07) is 22.0. The molecule has 1 saturated heterocycles. The van der Waals surface area contributed by atoms with E-state index in [2.05, 4.69) is 27.3 Å². The number of likely N-dealkylation sites (tertiary alicyclic amines) is 1. The summed E-state index contributed by atoms with van der Waals surface area (Å²) in [6.45, 7) is 1.50. The standard InChI is InChI=1S/C26H26ClN3O/c27-20-10-11-24(28-17-20)29-18-21-16-26(12-13-26)14-15-30(21)25(31)23-9-5-4-8-22(23)19-6-2-1-3-7-19/h1-11,17,21H,12-16,18H2,(H,28,29)/t21-/m0/s1. The summed E-state index contributed by atoms with van der Waals surface area (Å²) < 4.78 is 0. The first-order valence-corrected chi connectivity index (χ1v) is 11.3. The zero-order valence-corrected chi connectivity index (χ0v) is 18.2. The Labute approximate surface area is 188 Å². The number of benzene rings is 2. The maximum Gasteiger partial charge on any atom is 0.254 e. The number of hydrogen-bond acceptors (Lipinski definition) is 3. The summed E-state index contributed by atoms with van der Waals surface area (Å²) in [7, 11) is 0. The molecule has 158 valence electrons. The van der Waals surface area contributed by atoms with Gasteiger partial charge in [-0.1, -0.05) is 60.1 Å². The van der Waals surface area contributed by atoms with Crippen LogP contribution in [-0.2, 0) is 0 Å². The van der Waals surface area contributed by atoms with Gasteiger partial charge < -0.3 is 10.2 Å². The number of carbonyl (C=O) groups excluding carboxylic acids is 1. The zero-order valence-electron chi connectivity index (χ0n) is 17.4. The average molecular weight is 432 g/mol. The van der Waals surface area contributed by atoms with Crippen LogP contribution in [0.4, 0.5) is 5.82 Å². The first kappa shape index (κ1) is 20.1. The second kappa shape index (κ2) is 8.35. The third-order valence-corrected chi connectivity index (χ3v) is 6.92. The van der Waals surface area contributed by atoms with Crippen LogP contribution in [0.5, 0.6) is 0 Å². The summed E-state index contributed by atoms with van der Waals surface area (Å²) in [5.41, 5.74) is 3.28. The highest BCUT2D eigenvalue weighted by molar-refractivity contribution is 6.30. The molecule has 31 heavy (non-hydrogen) atoms. The largest absolute Gasteiger partial charge is 0.368 e. The van der Waals surface area contributed by atoms with Crippen LogP contribution in [0.3, 0.4) is 0 Å². The first-order valence-electron chi connectivity index (χ1n) is 10.9. The molecule has 3 aromatic rings. The van der Waals surface area contributed by atoms with Gasteiger partial charge in [-0.15, -0.1) is 0 Å². The number of halogens is 1. The first-order chi connectivity index (χ1) is 15.1. The molecule has 1 atom stereocenters. The summed E-state index contributed by atoms with van der Waals surface area (Å²) in [6.07, 6.45) is 6.36. The van der Waals surface area contributed by atoms with Crippen molar-refractivity contribution in [1.82, 2.24) is 9.88 Å². The van der Waals surface area contributed by atoms with Crippen LogP contribution in [0.25, 0.3) is 11.1 Å². The molecule has 0 radical (unpaired) electrons. The predicted molar refractivity (Wildman–Crippen MR) is 125 cm³/mol. The van der Waals surface area contributed by atoms with Gasteiger partial charge in [0.1, 0.15) is 5.82 Å². The van der Waals surface area contributed by atoms with Gasteiger partial charge in [0.15, 0.2) is 0 Å². The number of amides is 1. The van der Waals surface area contributed by atoms with E-state index in [1.54, 1.807) is 6.20 Å². The van der Waals surface area contributed by atoms with E-state index in [-0.39, 0.29) is 11.9 Å². The van der Waals surface area contributed by atoms with Crippen molar-refractivity contribution in [2.45, 2.75) is 31.7 Å². The Hall–Kier alpha value is -2.85. The van der Waals surface area contributed by atoms with Gasteiger partial charge in [-0.2, -0.15) is 0 Å². The van der Waals surface area contributed by atoms with E-state index in [0.717, 1.165) is 41.9 Å². The average Bonchev–Trinajstić information content (AvgIpc) is 3.57. The molecule has 1 aromatic heterocycles. The fraction of sp³-hybridized carbons (Fsp3) is 0.308. The van der Waals surface area contributed by atoms with Gasteiger partial charge in [0.05, 0.1) is 5.02 Å². The van der Waals surface area contributed by atoms with Crippen molar-refractivity contribution in [1.29, 1.82) is 0 Å². The second-order valence-corrected chi connectivity index (χ2v) is 9.20. The molecule has 0 unspecified atom stereocenters. The van der Waals surface area contributed by atoms with Crippen LogP contribution >= 0.6 is 11.6 Å². The number of nitrogens with zero attached hydrogens (tertiary/aromatic N) is 2. The molecule has 1 amide bonds. The minimum atomic E-state index is 0.116. The fourth-order valence-electron chi connectivity index (χ4n) is 4.73. The number of pyridine rings is 1. The van der Waals surface area contributed by atoms with Gasteiger partial charge in [0, 0.05) is 30.9 Å². The van der Waals surface area contributed by atoms with Gasteiger partial charge in [0.2, 0.25) is 0 Å². The third kappa shape index (κ3) is 4.31. The number of piperidine rings is 1. The van der Waals surface area contributed by atoms with Gasteiger partial charge in [-0.05, 0) is 60.4 Å². The fourth-order valence-corrected chi connectivity index (χ4v) is 4.84. The van der Waals surface area contributed by atoms with Gasteiger partial charge >= 0.3 is 0 Å². The van der Waals surface area contributed by atoms with E-state index < -0.39 is 0 Å². The lowest BCUT2D eigenvalue weighted by molar-refractivity contribution is 0.0546. The van der Waals surface area contributed by atoms with E-state index in [9.17, 15) is 4.79 Å². The number of anilines is 1. The Morgan fingerprint density at radius 3 is 2.55 bits per heavy atom. The molecule has 1 aliphatic carbocycles. The van der Waals surface area contributed by atoms with Crippen molar-refractivity contribution in [2.75, 3.05) is 18.4 Å². The Morgan fingerprint density at radius 2 is 1.81 bits per heavy atom. The molecule has 1 N–H and O–H groups in total. The Morgan fingerprint density at radius 1 is 1.03 bits per heavy atom. The number of carbonyl (C=O) groups is 1. The molecule has 5 rings (SSSR count). The van der Waals surface area contributed by atoms with Crippen molar-refractivity contribution in [3.05, 3.63) is 83.5 Å². The molecule has 5 heteroatoms. The molecule has 4 nitrogen and oxygen atoms in total. The van der Waals surface area contributed by atoms with E-state index in [1.165, 1.54) is 12.8 Å².